The molecule has 0 bridgehead atoms. The van der Waals surface area contributed by atoms with Crippen LogP contribution in [0.1, 0.15) is 5.56 Å². The fraction of sp³-hybridized carbons (Fsp3) is 0.0769. The average molecular weight is 257 g/mol. The number of ether oxygens (including phenoxy) is 3. The van der Waals surface area contributed by atoms with Crippen molar-refractivity contribution in [2.75, 3.05) is 6.79 Å². The van der Waals surface area contributed by atoms with E-state index in [2.05, 4.69) is 4.98 Å². The molecule has 1 aromatic carbocycles. The largest absolute Gasteiger partial charge is 0.454 e. The summed E-state index contributed by atoms with van der Waals surface area (Å²) in [5.74, 6) is 2.35. The molecule has 1 aliphatic rings. The Morgan fingerprint density at radius 2 is 2.05 bits per heavy atom. The summed E-state index contributed by atoms with van der Waals surface area (Å²) in [6, 6.07) is 8.62. The van der Waals surface area contributed by atoms with E-state index in [-0.39, 0.29) is 12.6 Å². The summed E-state index contributed by atoms with van der Waals surface area (Å²) >= 11 is 0. The van der Waals surface area contributed by atoms with Gasteiger partial charge in [0.1, 0.15) is 11.6 Å². The van der Waals surface area contributed by atoms with Crippen molar-refractivity contribution in [3.8, 4) is 23.1 Å². The summed E-state index contributed by atoms with van der Waals surface area (Å²) < 4.78 is 16.1. The van der Waals surface area contributed by atoms with E-state index in [4.69, 9.17) is 25.4 Å². The number of nitrogens with two attached hydrogens (primary N) is 1. The van der Waals surface area contributed by atoms with Crippen LogP contribution < -0.4 is 19.9 Å². The lowest BCUT2D eigenvalue weighted by Crippen LogP contribution is -2.11. The first kappa shape index (κ1) is 11.3. The van der Waals surface area contributed by atoms with Crippen molar-refractivity contribution >= 4 is 5.84 Å². The number of rotatable bonds is 3. The molecule has 19 heavy (non-hydrogen) atoms. The zero-order chi connectivity index (χ0) is 13.2. The number of fused-ring (bicyclic) bond motifs is 1. The van der Waals surface area contributed by atoms with Gasteiger partial charge in [0.05, 0.1) is 0 Å². The topological polar surface area (TPSA) is 90.5 Å². The van der Waals surface area contributed by atoms with Gasteiger partial charge in [0.25, 0.3) is 0 Å². The predicted octanol–water partition coefficient (Wildman–Crippen LogP) is 1.89. The van der Waals surface area contributed by atoms with Gasteiger partial charge in [-0.05, 0) is 18.2 Å². The van der Waals surface area contributed by atoms with E-state index in [1.54, 1.807) is 30.3 Å². The van der Waals surface area contributed by atoms with Crippen LogP contribution >= 0.6 is 0 Å². The van der Waals surface area contributed by atoms with Crippen LogP contribution in [-0.4, -0.2) is 17.6 Å². The molecule has 0 saturated carbocycles. The lowest BCUT2D eigenvalue weighted by atomic mass is 10.2. The third-order valence-corrected chi connectivity index (χ3v) is 2.61. The highest BCUT2D eigenvalue weighted by molar-refractivity contribution is 5.94. The molecule has 3 rings (SSSR count). The summed E-state index contributed by atoms with van der Waals surface area (Å²) in [4.78, 5) is 4.07. The zero-order valence-electron chi connectivity index (χ0n) is 9.92. The summed E-state index contributed by atoms with van der Waals surface area (Å²) in [6.45, 7) is 0.227. The molecule has 1 aliphatic heterocycles. The molecule has 0 amide bonds. The molecular weight excluding hydrogens is 246 g/mol. The highest BCUT2D eigenvalue weighted by Gasteiger charge is 2.14. The molecule has 6 heteroatoms. The Labute approximate surface area is 109 Å². The van der Waals surface area contributed by atoms with Gasteiger partial charge in [0.2, 0.25) is 12.7 Å². The maximum absolute atomic E-state index is 7.28. The first-order chi connectivity index (χ1) is 9.22. The number of nitrogen functional groups attached to an aromatic ring is 1. The average Bonchev–Trinajstić information content (AvgIpc) is 2.87. The Morgan fingerprint density at radius 3 is 2.79 bits per heavy atom. The standard InChI is InChI=1S/C13H11N3O3/c14-13(15)8-1-4-12(16-6-8)19-9-2-3-10-11(5-9)18-7-17-10/h1-6H,7H2,(H3,14,15). The number of benzene rings is 1. The molecule has 0 atom stereocenters. The Morgan fingerprint density at radius 1 is 1.21 bits per heavy atom. The van der Waals surface area contributed by atoms with Crippen molar-refractivity contribution in [2.24, 2.45) is 5.73 Å². The smallest absolute Gasteiger partial charge is 0.231 e. The van der Waals surface area contributed by atoms with Gasteiger partial charge in [-0.25, -0.2) is 4.98 Å². The van der Waals surface area contributed by atoms with Crippen molar-refractivity contribution in [3.63, 3.8) is 0 Å². The number of nitrogens with one attached hydrogen (secondary N) is 1. The number of nitrogens with zero attached hydrogens (tertiary/aromatic N) is 1. The van der Waals surface area contributed by atoms with Gasteiger partial charge in [-0.15, -0.1) is 0 Å². The molecule has 3 N–H and O–H groups in total. The van der Waals surface area contributed by atoms with Gasteiger partial charge < -0.3 is 19.9 Å². The summed E-state index contributed by atoms with van der Waals surface area (Å²) in [6.07, 6.45) is 1.49. The molecule has 2 heterocycles. The van der Waals surface area contributed by atoms with E-state index in [1.165, 1.54) is 6.20 Å². The van der Waals surface area contributed by atoms with Crippen molar-refractivity contribution in [1.29, 1.82) is 5.41 Å². The van der Waals surface area contributed by atoms with Gasteiger partial charge in [-0.3, -0.25) is 5.41 Å². The third-order valence-electron chi connectivity index (χ3n) is 2.61. The highest BCUT2D eigenvalue weighted by Crippen LogP contribution is 2.36. The van der Waals surface area contributed by atoms with E-state index < -0.39 is 0 Å². The second kappa shape index (κ2) is 4.49. The zero-order valence-corrected chi connectivity index (χ0v) is 9.92. The van der Waals surface area contributed by atoms with Crippen LogP contribution in [-0.2, 0) is 0 Å². The van der Waals surface area contributed by atoms with E-state index in [9.17, 15) is 0 Å². The fourth-order valence-electron chi connectivity index (χ4n) is 1.66. The number of amidine groups is 1. The van der Waals surface area contributed by atoms with Crippen LogP contribution in [0.25, 0.3) is 0 Å². The maximum Gasteiger partial charge on any atom is 0.231 e. The number of hydrogen-bond acceptors (Lipinski definition) is 5. The van der Waals surface area contributed by atoms with E-state index >= 15 is 0 Å². The Hall–Kier alpha value is -2.76. The number of pyridine rings is 1. The van der Waals surface area contributed by atoms with Gasteiger partial charge in [-0.2, -0.15) is 0 Å². The second-order valence-electron chi connectivity index (χ2n) is 3.92. The lowest BCUT2D eigenvalue weighted by molar-refractivity contribution is 0.174. The Bertz CT molecular complexity index is 626. The highest BCUT2D eigenvalue weighted by atomic mass is 16.7. The van der Waals surface area contributed by atoms with E-state index in [1.807, 2.05) is 0 Å². The van der Waals surface area contributed by atoms with Crippen LogP contribution in [0.15, 0.2) is 36.5 Å². The molecule has 0 fully saturated rings. The lowest BCUT2D eigenvalue weighted by Gasteiger charge is -2.06. The first-order valence-corrected chi connectivity index (χ1v) is 5.60. The van der Waals surface area contributed by atoms with Crippen LogP contribution in [0.3, 0.4) is 0 Å². The first-order valence-electron chi connectivity index (χ1n) is 5.60. The molecule has 2 aromatic rings. The monoisotopic (exact) mass is 257 g/mol. The van der Waals surface area contributed by atoms with Crippen LogP contribution in [0.5, 0.6) is 23.1 Å². The minimum Gasteiger partial charge on any atom is -0.454 e. The molecule has 1 aromatic heterocycles. The second-order valence-corrected chi connectivity index (χ2v) is 3.92. The van der Waals surface area contributed by atoms with Crippen molar-refractivity contribution in [2.45, 2.75) is 0 Å². The van der Waals surface area contributed by atoms with Crippen LogP contribution in [0.2, 0.25) is 0 Å². The Balaban J connectivity index is 1.79. The molecule has 0 spiro atoms. The quantitative estimate of drug-likeness (QED) is 0.647. The summed E-state index contributed by atoms with van der Waals surface area (Å²) in [5.41, 5.74) is 5.90. The minimum atomic E-state index is -0.0258. The molecule has 6 nitrogen and oxygen atoms in total. The Kier molecular flexibility index (Phi) is 2.68. The molecule has 0 unspecified atom stereocenters. The van der Waals surface area contributed by atoms with E-state index in [0.717, 1.165) is 0 Å². The van der Waals surface area contributed by atoms with Gasteiger partial charge in [0.15, 0.2) is 11.5 Å². The molecule has 0 radical (unpaired) electrons. The predicted molar refractivity (Wildman–Crippen MR) is 67.9 cm³/mol. The van der Waals surface area contributed by atoms with E-state index in [0.29, 0.717) is 28.7 Å². The maximum atomic E-state index is 7.28. The minimum absolute atomic E-state index is 0.0258. The molecule has 96 valence electrons. The number of aromatic nitrogens is 1. The SMILES string of the molecule is N=C(N)c1ccc(Oc2ccc3c(c2)OCO3)nc1. The van der Waals surface area contributed by atoms with Crippen molar-refractivity contribution in [3.05, 3.63) is 42.1 Å². The van der Waals surface area contributed by atoms with Crippen molar-refractivity contribution in [1.82, 2.24) is 4.98 Å². The normalized spacial score (nSPS) is 12.2. The third kappa shape index (κ3) is 2.28. The molecule has 0 aliphatic carbocycles. The molecule has 0 saturated heterocycles. The van der Waals surface area contributed by atoms with Gasteiger partial charge in [0, 0.05) is 23.9 Å². The fourth-order valence-corrected chi connectivity index (χ4v) is 1.66. The van der Waals surface area contributed by atoms with Crippen LogP contribution in [0, 0.1) is 5.41 Å². The summed E-state index contributed by atoms with van der Waals surface area (Å²) in [5, 5.41) is 7.28. The molecular formula is C13H11N3O3. The van der Waals surface area contributed by atoms with Crippen molar-refractivity contribution < 1.29 is 14.2 Å². The van der Waals surface area contributed by atoms with Crippen LogP contribution in [0.4, 0.5) is 0 Å². The van der Waals surface area contributed by atoms with Gasteiger partial charge >= 0.3 is 0 Å². The number of hydrogen-bond donors (Lipinski definition) is 2. The van der Waals surface area contributed by atoms with Gasteiger partial charge in [-0.1, -0.05) is 0 Å². The summed E-state index contributed by atoms with van der Waals surface area (Å²) in [7, 11) is 0.